The molecule has 1 aromatic carbocycles. The summed E-state index contributed by atoms with van der Waals surface area (Å²) in [5.41, 5.74) is 7.09. The van der Waals surface area contributed by atoms with Crippen molar-refractivity contribution in [2.45, 2.75) is 26.4 Å². The van der Waals surface area contributed by atoms with E-state index in [4.69, 9.17) is 18.0 Å². The van der Waals surface area contributed by atoms with Gasteiger partial charge in [0.1, 0.15) is 12.6 Å². The number of aryl methyl sites for hydroxylation is 1. The Morgan fingerprint density at radius 1 is 1.41 bits per heavy atom. The van der Waals surface area contributed by atoms with Crippen LogP contribution in [0.5, 0.6) is 0 Å². The van der Waals surface area contributed by atoms with E-state index in [-0.39, 0.29) is 12.5 Å². The van der Waals surface area contributed by atoms with E-state index in [1.54, 1.807) is 4.57 Å². The van der Waals surface area contributed by atoms with Gasteiger partial charge in [0.2, 0.25) is 11.8 Å². The molecule has 2 rings (SSSR count). The van der Waals surface area contributed by atoms with Crippen LogP contribution in [0.2, 0.25) is 0 Å². The molecule has 2 aromatic rings. The van der Waals surface area contributed by atoms with Gasteiger partial charge in [-0.25, -0.2) is 0 Å². The molecular weight excluding hydrogens is 302 g/mol. The number of hydrogen-bond acceptors (Lipinski definition) is 4. The molecule has 0 aliphatic heterocycles. The highest BCUT2D eigenvalue weighted by atomic mass is 32.1. The zero-order valence-electron chi connectivity index (χ0n) is 12.3. The van der Waals surface area contributed by atoms with E-state index in [9.17, 15) is 9.59 Å². The maximum absolute atomic E-state index is 12.0. The molecule has 116 valence electrons. The fourth-order valence-electron chi connectivity index (χ4n) is 1.89. The van der Waals surface area contributed by atoms with Crippen LogP contribution < -0.4 is 11.1 Å². The van der Waals surface area contributed by atoms with E-state index in [0.717, 1.165) is 11.1 Å². The van der Waals surface area contributed by atoms with Crippen LogP contribution in [0.4, 0.5) is 0 Å². The zero-order chi connectivity index (χ0) is 16.3. The Morgan fingerprint density at radius 2 is 2.05 bits per heavy atom. The number of aromatic amines is 1. The first kappa shape index (κ1) is 15.9. The molecule has 2 amide bonds. The highest BCUT2D eigenvalue weighted by molar-refractivity contribution is 7.71. The van der Waals surface area contributed by atoms with Crippen molar-refractivity contribution in [3.63, 3.8) is 0 Å². The number of nitrogens with one attached hydrogen (secondary N) is 2. The van der Waals surface area contributed by atoms with Gasteiger partial charge in [-0.1, -0.05) is 29.8 Å². The summed E-state index contributed by atoms with van der Waals surface area (Å²) >= 11 is 5.16. The summed E-state index contributed by atoms with van der Waals surface area (Å²) in [7, 11) is 0. The molecule has 8 heteroatoms. The van der Waals surface area contributed by atoms with Gasteiger partial charge in [-0.15, -0.1) is 0 Å². The number of carbonyl (C=O) groups is 2. The molecule has 0 saturated heterocycles. The molecule has 0 bridgehead atoms. The molecular formula is C14H17N5O2S. The lowest BCUT2D eigenvalue weighted by molar-refractivity contribution is -0.127. The minimum Gasteiger partial charge on any atom is -0.368 e. The van der Waals surface area contributed by atoms with Gasteiger partial charge < -0.3 is 11.1 Å². The lowest BCUT2D eigenvalue weighted by Gasteiger charge is -2.11. The highest BCUT2D eigenvalue weighted by Gasteiger charge is 2.15. The number of H-pyrrole nitrogens is 1. The monoisotopic (exact) mass is 319 g/mol. The molecule has 0 aliphatic carbocycles. The molecule has 0 fully saturated rings. The minimum absolute atomic E-state index is 0.0455. The normalized spacial score (nSPS) is 11.9. The third kappa shape index (κ3) is 3.59. The van der Waals surface area contributed by atoms with Crippen molar-refractivity contribution < 1.29 is 9.59 Å². The van der Waals surface area contributed by atoms with Gasteiger partial charge in [-0.05, 0) is 26.1 Å². The molecule has 1 atom stereocenters. The van der Waals surface area contributed by atoms with E-state index in [1.165, 1.54) is 6.92 Å². The van der Waals surface area contributed by atoms with E-state index in [1.807, 2.05) is 31.2 Å². The first-order valence-electron chi connectivity index (χ1n) is 6.69. The number of nitrogens with two attached hydrogens (primary N) is 1. The summed E-state index contributed by atoms with van der Waals surface area (Å²) in [4.78, 5) is 23.0. The second-order valence-corrected chi connectivity index (χ2v) is 5.38. The van der Waals surface area contributed by atoms with Gasteiger partial charge in [0.05, 0.1) is 0 Å². The second-order valence-electron chi connectivity index (χ2n) is 5.00. The summed E-state index contributed by atoms with van der Waals surface area (Å²) in [6, 6.07) is 6.97. The number of primary amides is 1. The van der Waals surface area contributed by atoms with Gasteiger partial charge in [-0.3, -0.25) is 19.3 Å². The summed E-state index contributed by atoms with van der Waals surface area (Å²) in [6.07, 6.45) is 0. The summed E-state index contributed by atoms with van der Waals surface area (Å²) in [6.45, 7) is 3.46. The topological polar surface area (TPSA) is 106 Å². The van der Waals surface area contributed by atoms with Crippen molar-refractivity contribution in [2.75, 3.05) is 0 Å². The lowest BCUT2D eigenvalue weighted by Crippen LogP contribution is -2.43. The fraction of sp³-hybridized carbons (Fsp3) is 0.286. The smallest absolute Gasteiger partial charge is 0.240 e. The number of benzene rings is 1. The van der Waals surface area contributed by atoms with Gasteiger partial charge in [0, 0.05) is 5.56 Å². The summed E-state index contributed by atoms with van der Waals surface area (Å²) in [5.74, 6) is -0.396. The molecule has 4 N–H and O–H groups in total. The van der Waals surface area contributed by atoms with Gasteiger partial charge >= 0.3 is 0 Å². The Hall–Kier alpha value is -2.48. The Kier molecular flexibility index (Phi) is 4.71. The second kappa shape index (κ2) is 6.52. The Labute approximate surface area is 132 Å². The van der Waals surface area contributed by atoms with Crippen LogP contribution in [0.3, 0.4) is 0 Å². The third-order valence-corrected chi connectivity index (χ3v) is 3.49. The van der Waals surface area contributed by atoms with E-state index < -0.39 is 11.9 Å². The summed E-state index contributed by atoms with van der Waals surface area (Å²) < 4.78 is 1.90. The van der Waals surface area contributed by atoms with E-state index in [2.05, 4.69) is 15.5 Å². The molecule has 0 spiro atoms. The zero-order valence-corrected chi connectivity index (χ0v) is 13.1. The molecule has 0 radical (unpaired) electrons. The molecule has 22 heavy (non-hydrogen) atoms. The number of hydrogen-bond donors (Lipinski definition) is 3. The molecule has 1 unspecified atom stereocenters. The van der Waals surface area contributed by atoms with Gasteiger partial charge in [-0.2, -0.15) is 5.10 Å². The first-order chi connectivity index (χ1) is 10.4. The Morgan fingerprint density at radius 3 is 2.64 bits per heavy atom. The molecule has 0 aliphatic rings. The van der Waals surface area contributed by atoms with Crippen LogP contribution in [0, 0.1) is 11.7 Å². The van der Waals surface area contributed by atoms with Crippen LogP contribution in [0.25, 0.3) is 11.4 Å². The maximum atomic E-state index is 12.0. The largest absolute Gasteiger partial charge is 0.368 e. The van der Waals surface area contributed by atoms with Crippen molar-refractivity contribution in [3.05, 3.63) is 34.6 Å². The van der Waals surface area contributed by atoms with Crippen LogP contribution >= 0.6 is 12.2 Å². The minimum atomic E-state index is -0.739. The number of rotatable bonds is 5. The molecule has 7 nitrogen and oxygen atoms in total. The van der Waals surface area contributed by atoms with Crippen molar-refractivity contribution in [1.82, 2.24) is 20.1 Å². The predicted molar refractivity (Wildman–Crippen MR) is 84.4 cm³/mol. The average molecular weight is 319 g/mol. The summed E-state index contributed by atoms with van der Waals surface area (Å²) in [5, 5.41) is 9.34. The molecule has 0 saturated carbocycles. The fourth-order valence-corrected chi connectivity index (χ4v) is 2.09. The van der Waals surface area contributed by atoms with Crippen LogP contribution in [-0.2, 0) is 16.1 Å². The Balaban J connectivity index is 2.23. The van der Waals surface area contributed by atoms with Crippen molar-refractivity contribution in [3.8, 4) is 11.4 Å². The van der Waals surface area contributed by atoms with E-state index >= 15 is 0 Å². The first-order valence-corrected chi connectivity index (χ1v) is 7.10. The standard InChI is InChI=1S/C14H17N5O2S/c1-8-3-5-10(6-4-8)13-17-18-14(22)19(13)7-11(20)16-9(2)12(15)21/h3-6,9H,7H2,1-2H3,(H2,15,21)(H,16,20)(H,18,22). The van der Waals surface area contributed by atoms with Crippen LogP contribution in [0.15, 0.2) is 24.3 Å². The van der Waals surface area contributed by atoms with Crippen LogP contribution in [-0.4, -0.2) is 32.6 Å². The van der Waals surface area contributed by atoms with Crippen LogP contribution in [0.1, 0.15) is 12.5 Å². The van der Waals surface area contributed by atoms with Crippen molar-refractivity contribution >= 4 is 24.0 Å². The quantitative estimate of drug-likeness (QED) is 0.712. The highest BCUT2D eigenvalue weighted by Crippen LogP contribution is 2.17. The van der Waals surface area contributed by atoms with Gasteiger partial charge in [0.15, 0.2) is 10.6 Å². The number of amides is 2. The molecule has 1 aromatic heterocycles. The number of carbonyl (C=O) groups excluding carboxylic acids is 2. The van der Waals surface area contributed by atoms with Crippen molar-refractivity contribution in [1.29, 1.82) is 0 Å². The van der Waals surface area contributed by atoms with Crippen molar-refractivity contribution in [2.24, 2.45) is 5.73 Å². The Bertz CT molecular complexity index is 747. The lowest BCUT2D eigenvalue weighted by atomic mass is 10.1. The average Bonchev–Trinajstić information content (AvgIpc) is 2.81. The number of nitrogens with zero attached hydrogens (tertiary/aromatic N) is 2. The molecule has 1 heterocycles. The van der Waals surface area contributed by atoms with E-state index in [0.29, 0.717) is 10.6 Å². The SMILES string of the molecule is Cc1ccc(-c2n[nH]c(=S)n2CC(=O)NC(C)C(N)=O)cc1. The maximum Gasteiger partial charge on any atom is 0.240 e. The predicted octanol–water partition coefficient (Wildman–Crippen LogP) is 0.906. The van der Waals surface area contributed by atoms with Gasteiger partial charge in [0.25, 0.3) is 0 Å². The third-order valence-electron chi connectivity index (χ3n) is 3.17. The number of aromatic nitrogens is 3.